The van der Waals surface area contributed by atoms with Crippen molar-refractivity contribution in [2.75, 3.05) is 11.9 Å². The van der Waals surface area contributed by atoms with Gasteiger partial charge in [0.15, 0.2) is 0 Å². The summed E-state index contributed by atoms with van der Waals surface area (Å²) >= 11 is 1.51. The Labute approximate surface area is 149 Å². The molecule has 0 unspecified atom stereocenters. The maximum atomic E-state index is 12.5. The van der Waals surface area contributed by atoms with Crippen LogP contribution in [0.25, 0.3) is 31.8 Å². The van der Waals surface area contributed by atoms with E-state index in [-0.39, 0.29) is 5.63 Å². The zero-order valence-electron chi connectivity index (χ0n) is 13.9. The van der Waals surface area contributed by atoms with E-state index in [2.05, 4.69) is 17.2 Å². The lowest BCUT2D eigenvalue weighted by Gasteiger charge is -2.06. The second kappa shape index (κ2) is 6.69. The van der Waals surface area contributed by atoms with Gasteiger partial charge in [-0.1, -0.05) is 25.5 Å². The van der Waals surface area contributed by atoms with Gasteiger partial charge in [-0.25, -0.2) is 9.78 Å². The van der Waals surface area contributed by atoms with Crippen LogP contribution in [0.15, 0.2) is 57.7 Å². The van der Waals surface area contributed by atoms with Crippen LogP contribution in [0.1, 0.15) is 19.8 Å². The Morgan fingerprint density at radius 1 is 1.16 bits per heavy atom. The molecule has 0 radical (unpaired) electrons. The molecule has 126 valence electrons. The third-order valence-electron chi connectivity index (χ3n) is 4.12. The van der Waals surface area contributed by atoms with E-state index in [1.54, 1.807) is 0 Å². The van der Waals surface area contributed by atoms with Gasteiger partial charge in [0, 0.05) is 23.7 Å². The van der Waals surface area contributed by atoms with E-state index < -0.39 is 0 Å². The first-order chi connectivity index (χ1) is 12.2. The van der Waals surface area contributed by atoms with Crippen LogP contribution in [0.3, 0.4) is 0 Å². The van der Waals surface area contributed by atoms with Gasteiger partial charge >= 0.3 is 5.63 Å². The highest BCUT2D eigenvalue weighted by atomic mass is 32.1. The van der Waals surface area contributed by atoms with Crippen molar-refractivity contribution in [2.24, 2.45) is 0 Å². The Bertz CT molecular complexity index is 1060. The molecule has 0 aliphatic carbocycles. The van der Waals surface area contributed by atoms with Gasteiger partial charge in [0.2, 0.25) is 0 Å². The molecule has 1 N–H and O–H groups in total. The average molecular weight is 350 g/mol. The predicted molar refractivity (Wildman–Crippen MR) is 104 cm³/mol. The van der Waals surface area contributed by atoms with Crippen LogP contribution >= 0.6 is 11.3 Å². The van der Waals surface area contributed by atoms with Crippen molar-refractivity contribution >= 4 is 38.2 Å². The number of fused-ring (bicyclic) bond motifs is 2. The molecule has 0 bridgehead atoms. The molecule has 4 aromatic rings. The molecule has 0 fully saturated rings. The van der Waals surface area contributed by atoms with E-state index in [4.69, 9.17) is 4.42 Å². The summed E-state index contributed by atoms with van der Waals surface area (Å²) in [4.78, 5) is 17.0. The number of aromatic nitrogens is 1. The second-order valence-electron chi connectivity index (χ2n) is 5.97. The van der Waals surface area contributed by atoms with Gasteiger partial charge in [0.1, 0.15) is 10.6 Å². The molecule has 0 amide bonds. The molecule has 5 heteroatoms. The molecule has 0 aliphatic rings. The number of benzene rings is 2. The maximum Gasteiger partial charge on any atom is 0.346 e. The molecule has 0 saturated carbocycles. The topological polar surface area (TPSA) is 55.1 Å². The van der Waals surface area contributed by atoms with Crippen LogP contribution < -0.4 is 10.9 Å². The van der Waals surface area contributed by atoms with Crippen LogP contribution in [-0.4, -0.2) is 11.5 Å². The van der Waals surface area contributed by atoms with Crippen LogP contribution in [0.5, 0.6) is 0 Å². The van der Waals surface area contributed by atoms with Gasteiger partial charge in [-0.2, -0.15) is 0 Å². The first-order valence-corrected chi connectivity index (χ1v) is 9.24. The molecular weight excluding hydrogens is 332 g/mol. The van der Waals surface area contributed by atoms with Crippen LogP contribution in [-0.2, 0) is 0 Å². The quantitative estimate of drug-likeness (QED) is 0.393. The summed E-state index contributed by atoms with van der Waals surface area (Å²) in [6.07, 6.45) is 2.25. The van der Waals surface area contributed by atoms with Gasteiger partial charge in [-0.3, -0.25) is 0 Å². The third kappa shape index (κ3) is 3.15. The first-order valence-electron chi connectivity index (χ1n) is 8.42. The summed E-state index contributed by atoms with van der Waals surface area (Å²) in [7, 11) is 0. The lowest BCUT2D eigenvalue weighted by Crippen LogP contribution is -2.03. The van der Waals surface area contributed by atoms with Gasteiger partial charge in [0.05, 0.1) is 15.8 Å². The van der Waals surface area contributed by atoms with Crippen molar-refractivity contribution in [1.82, 2.24) is 4.98 Å². The van der Waals surface area contributed by atoms with Crippen LogP contribution in [0.2, 0.25) is 0 Å². The van der Waals surface area contributed by atoms with Gasteiger partial charge in [-0.15, -0.1) is 11.3 Å². The second-order valence-corrected chi connectivity index (χ2v) is 7.00. The molecule has 0 aliphatic heterocycles. The fraction of sp³-hybridized carbons (Fsp3) is 0.200. The number of thiazole rings is 1. The standard InChI is InChI=1S/C20H18N2O2S/c1-2-3-10-21-14-9-8-13-11-15(20(23)24-17(13)12-14)19-22-16-6-4-5-7-18(16)25-19/h4-9,11-12,21H,2-3,10H2,1H3. The zero-order chi connectivity index (χ0) is 17.2. The Kier molecular flexibility index (Phi) is 4.24. The molecule has 2 aromatic heterocycles. The predicted octanol–water partition coefficient (Wildman–Crippen LogP) is 5.28. The number of anilines is 1. The molecule has 25 heavy (non-hydrogen) atoms. The Hall–Kier alpha value is -2.66. The first kappa shape index (κ1) is 15.8. The minimum atomic E-state index is -0.350. The van der Waals surface area contributed by atoms with E-state index in [0.717, 1.165) is 40.7 Å². The Balaban J connectivity index is 1.74. The fourth-order valence-corrected chi connectivity index (χ4v) is 3.74. The Morgan fingerprint density at radius 2 is 2.04 bits per heavy atom. The number of hydrogen-bond donors (Lipinski definition) is 1. The van der Waals surface area contributed by atoms with E-state index in [9.17, 15) is 4.79 Å². The SMILES string of the molecule is CCCCNc1ccc2cc(-c3nc4ccccc4s3)c(=O)oc2c1. The van der Waals surface area contributed by atoms with Crippen LogP contribution in [0.4, 0.5) is 5.69 Å². The van der Waals surface area contributed by atoms with Crippen molar-refractivity contribution in [3.63, 3.8) is 0 Å². The smallest absolute Gasteiger partial charge is 0.346 e. The van der Waals surface area contributed by atoms with Gasteiger partial charge in [0.25, 0.3) is 0 Å². The minimum Gasteiger partial charge on any atom is -0.422 e. The highest BCUT2D eigenvalue weighted by Gasteiger charge is 2.13. The van der Waals surface area contributed by atoms with Crippen molar-refractivity contribution < 1.29 is 4.42 Å². The molecule has 0 spiro atoms. The zero-order valence-corrected chi connectivity index (χ0v) is 14.7. The summed E-state index contributed by atoms with van der Waals surface area (Å²) in [6, 6.07) is 15.6. The highest BCUT2D eigenvalue weighted by Crippen LogP contribution is 2.30. The normalized spacial score (nSPS) is 11.2. The molecule has 0 atom stereocenters. The molecule has 2 heterocycles. The maximum absolute atomic E-state index is 12.5. The van der Waals surface area contributed by atoms with E-state index >= 15 is 0 Å². The number of hydrogen-bond acceptors (Lipinski definition) is 5. The molecular formula is C20H18N2O2S. The van der Waals surface area contributed by atoms with E-state index in [1.165, 1.54) is 11.3 Å². The lowest BCUT2D eigenvalue weighted by molar-refractivity contribution is 0.563. The largest absolute Gasteiger partial charge is 0.422 e. The van der Waals surface area contributed by atoms with Gasteiger partial charge < -0.3 is 9.73 Å². The number of unbranched alkanes of at least 4 members (excludes halogenated alkanes) is 1. The van der Waals surface area contributed by atoms with Crippen LogP contribution in [0, 0.1) is 0 Å². The summed E-state index contributed by atoms with van der Waals surface area (Å²) in [5.74, 6) is 0. The summed E-state index contributed by atoms with van der Waals surface area (Å²) < 4.78 is 6.62. The molecule has 4 nitrogen and oxygen atoms in total. The summed E-state index contributed by atoms with van der Waals surface area (Å²) in [5.41, 5.74) is 2.63. The van der Waals surface area contributed by atoms with E-state index in [1.807, 2.05) is 48.5 Å². The average Bonchev–Trinajstić information content (AvgIpc) is 3.05. The molecule has 4 rings (SSSR count). The third-order valence-corrected chi connectivity index (χ3v) is 5.19. The van der Waals surface area contributed by atoms with Crippen molar-refractivity contribution in [1.29, 1.82) is 0 Å². The molecule has 0 saturated heterocycles. The number of rotatable bonds is 5. The van der Waals surface area contributed by atoms with Crippen molar-refractivity contribution in [2.45, 2.75) is 19.8 Å². The number of nitrogens with one attached hydrogen (secondary N) is 1. The van der Waals surface area contributed by atoms with Crippen molar-refractivity contribution in [3.8, 4) is 10.6 Å². The summed E-state index contributed by atoms with van der Waals surface area (Å²) in [6.45, 7) is 3.07. The number of nitrogens with zero attached hydrogens (tertiary/aromatic N) is 1. The molecule has 2 aromatic carbocycles. The van der Waals surface area contributed by atoms with E-state index in [0.29, 0.717) is 16.2 Å². The Morgan fingerprint density at radius 3 is 2.88 bits per heavy atom. The minimum absolute atomic E-state index is 0.350. The van der Waals surface area contributed by atoms with Crippen molar-refractivity contribution in [3.05, 3.63) is 59.0 Å². The lowest BCUT2D eigenvalue weighted by atomic mass is 10.1. The highest BCUT2D eigenvalue weighted by molar-refractivity contribution is 7.21. The number of para-hydroxylation sites is 1. The van der Waals surface area contributed by atoms with Gasteiger partial charge in [-0.05, 0) is 36.8 Å². The summed E-state index contributed by atoms with van der Waals surface area (Å²) in [5, 5.41) is 4.94. The monoisotopic (exact) mass is 350 g/mol. The fourth-order valence-electron chi connectivity index (χ4n) is 2.77.